The molecule has 0 bridgehead atoms. The van der Waals surface area contributed by atoms with Crippen LogP contribution >= 0.6 is 0 Å². The first-order valence-corrected chi connectivity index (χ1v) is 5.70. The number of hydrogen-bond donors (Lipinski definition) is 0. The lowest BCUT2D eigenvalue weighted by Gasteiger charge is -2.12. The van der Waals surface area contributed by atoms with E-state index in [-0.39, 0.29) is 0 Å². The summed E-state index contributed by atoms with van der Waals surface area (Å²) in [6.45, 7) is 8.68. The van der Waals surface area contributed by atoms with Gasteiger partial charge in [-0.3, -0.25) is 0 Å². The standard InChI is InChI=1S/C13H17N3/c1-8(2)10-5-12(9(3)4)16-13-11(10)6-14-7-15-13/h5-9H,1-4H3. The summed E-state index contributed by atoms with van der Waals surface area (Å²) in [7, 11) is 0. The first-order chi connectivity index (χ1) is 7.59. The van der Waals surface area contributed by atoms with Gasteiger partial charge in [0.25, 0.3) is 0 Å². The molecule has 0 radical (unpaired) electrons. The Labute approximate surface area is 96.0 Å². The molecule has 2 rings (SSSR count). The lowest BCUT2D eigenvalue weighted by Crippen LogP contribution is -2.00. The Morgan fingerprint density at radius 2 is 1.81 bits per heavy atom. The summed E-state index contributed by atoms with van der Waals surface area (Å²) in [5, 5.41) is 1.07. The summed E-state index contributed by atoms with van der Waals surface area (Å²) in [4.78, 5) is 12.9. The van der Waals surface area contributed by atoms with Gasteiger partial charge in [-0.15, -0.1) is 0 Å². The van der Waals surface area contributed by atoms with Crippen LogP contribution in [0.2, 0.25) is 0 Å². The Kier molecular flexibility index (Phi) is 2.86. The molecule has 16 heavy (non-hydrogen) atoms. The van der Waals surface area contributed by atoms with Gasteiger partial charge in [0.05, 0.1) is 0 Å². The minimum atomic E-state index is 0.428. The number of nitrogens with zero attached hydrogens (tertiary/aromatic N) is 3. The molecule has 0 spiro atoms. The second-order valence-corrected chi connectivity index (χ2v) is 4.71. The summed E-state index contributed by atoms with van der Waals surface area (Å²) in [5.41, 5.74) is 3.20. The SMILES string of the molecule is CC(C)c1cc(C(C)C)c2cncnc2n1. The normalized spacial score (nSPS) is 11.6. The predicted molar refractivity (Wildman–Crippen MR) is 65.5 cm³/mol. The van der Waals surface area contributed by atoms with Crippen LogP contribution in [0.15, 0.2) is 18.6 Å². The van der Waals surface area contributed by atoms with Crippen LogP contribution in [-0.4, -0.2) is 15.0 Å². The van der Waals surface area contributed by atoms with Crippen molar-refractivity contribution in [1.29, 1.82) is 0 Å². The van der Waals surface area contributed by atoms with Crippen molar-refractivity contribution in [2.45, 2.75) is 39.5 Å². The van der Waals surface area contributed by atoms with Crippen molar-refractivity contribution in [2.24, 2.45) is 0 Å². The molecule has 0 fully saturated rings. The largest absolute Gasteiger partial charge is 0.244 e. The van der Waals surface area contributed by atoms with Crippen LogP contribution < -0.4 is 0 Å². The summed E-state index contributed by atoms with van der Waals surface area (Å²) >= 11 is 0. The molecule has 2 aromatic heterocycles. The zero-order valence-corrected chi connectivity index (χ0v) is 10.2. The van der Waals surface area contributed by atoms with Crippen LogP contribution in [0.25, 0.3) is 11.0 Å². The maximum atomic E-state index is 4.57. The molecule has 0 saturated heterocycles. The number of pyridine rings is 1. The Balaban J connectivity index is 2.74. The molecule has 0 aromatic carbocycles. The molecule has 0 aliphatic heterocycles. The molecule has 0 atom stereocenters. The van der Waals surface area contributed by atoms with Gasteiger partial charge in [-0.25, -0.2) is 15.0 Å². The van der Waals surface area contributed by atoms with Crippen LogP contribution in [-0.2, 0) is 0 Å². The van der Waals surface area contributed by atoms with Gasteiger partial charge in [0, 0.05) is 17.3 Å². The molecule has 0 amide bonds. The smallest absolute Gasteiger partial charge is 0.163 e. The minimum absolute atomic E-state index is 0.428. The first kappa shape index (κ1) is 11.0. The van der Waals surface area contributed by atoms with Crippen molar-refractivity contribution in [3.05, 3.63) is 29.8 Å². The fraction of sp³-hybridized carbons (Fsp3) is 0.462. The first-order valence-electron chi connectivity index (χ1n) is 5.70. The zero-order chi connectivity index (χ0) is 11.7. The summed E-state index contributed by atoms with van der Waals surface area (Å²) in [5.74, 6) is 0.894. The molecule has 0 aliphatic rings. The van der Waals surface area contributed by atoms with Crippen molar-refractivity contribution in [3.63, 3.8) is 0 Å². The van der Waals surface area contributed by atoms with Gasteiger partial charge >= 0.3 is 0 Å². The van der Waals surface area contributed by atoms with Gasteiger partial charge in [-0.2, -0.15) is 0 Å². The van der Waals surface area contributed by atoms with E-state index in [2.05, 4.69) is 48.7 Å². The van der Waals surface area contributed by atoms with Crippen LogP contribution in [0.1, 0.15) is 50.8 Å². The van der Waals surface area contributed by atoms with Crippen molar-refractivity contribution in [2.75, 3.05) is 0 Å². The average Bonchev–Trinajstić information content (AvgIpc) is 2.27. The van der Waals surface area contributed by atoms with E-state index in [1.165, 1.54) is 5.56 Å². The van der Waals surface area contributed by atoms with E-state index in [4.69, 9.17) is 0 Å². The highest BCUT2D eigenvalue weighted by molar-refractivity contribution is 5.78. The van der Waals surface area contributed by atoms with Gasteiger partial charge in [0.1, 0.15) is 6.33 Å². The highest BCUT2D eigenvalue weighted by Gasteiger charge is 2.11. The fourth-order valence-corrected chi connectivity index (χ4v) is 1.78. The third-order valence-corrected chi connectivity index (χ3v) is 2.75. The zero-order valence-electron chi connectivity index (χ0n) is 10.2. The second kappa shape index (κ2) is 4.16. The quantitative estimate of drug-likeness (QED) is 0.771. The van der Waals surface area contributed by atoms with Crippen molar-refractivity contribution >= 4 is 11.0 Å². The van der Waals surface area contributed by atoms with Gasteiger partial charge in [-0.1, -0.05) is 27.7 Å². The molecule has 0 unspecified atom stereocenters. The predicted octanol–water partition coefficient (Wildman–Crippen LogP) is 3.27. The molecule has 84 valence electrons. The van der Waals surface area contributed by atoms with Gasteiger partial charge in [0.2, 0.25) is 0 Å². The molecule has 3 heteroatoms. The summed E-state index contributed by atoms with van der Waals surface area (Å²) < 4.78 is 0. The highest BCUT2D eigenvalue weighted by atomic mass is 14.9. The maximum absolute atomic E-state index is 4.57. The lowest BCUT2D eigenvalue weighted by atomic mass is 9.97. The molecular weight excluding hydrogens is 198 g/mol. The van der Waals surface area contributed by atoms with E-state index in [1.54, 1.807) is 6.33 Å². The van der Waals surface area contributed by atoms with Crippen LogP contribution in [0.5, 0.6) is 0 Å². The molecule has 0 saturated carbocycles. The van der Waals surface area contributed by atoms with E-state index in [0.717, 1.165) is 16.7 Å². The van der Waals surface area contributed by atoms with Crippen LogP contribution in [0.3, 0.4) is 0 Å². The minimum Gasteiger partial charge on any atom is -0.244 e. The molecule has 2 heterocycles. The monoisotopic (exact) mass is 215 g/mol. The fourth-order valence-electron chi connectivity index (χ4n) is 1.78. The van der Waals surface area contributed by atoms with Crippen molar-refractivity contribution in [3.8, 4) is 0 Å². The van der Waals surface area contributed by atoms with Crippen LogP contribution in [0, 0.1) is 0 Å². The molecular formula is C13H17N3. The third kappa shape index (κ3) is 1.90. The lowest BCUT2D eigenvalue weighted by molar-refractivity contribution is 0.808. The van der Waals surface area contributed by atoms with E-state index >= 15 is 0 Å². The van der Waals surface area contributed by atoms with Gasteiger partial charge in [-0.05, 0) is 23.5 Å². The topological polar surface area (TPSA) is 38.7 Å². The third-order valence-electron chi connectivity index (χ3n) is 2.75. The Hall–Kier alpha value is -1.51. The number of aromatic nitrogens is 3. The van der Waals surface area contributed by atoms with Gasteiger partial charge < -0.3 is 0 Å². The molecule has 0 N–H and O–H groups in total. The van der Waals surface area contributed by atoms with Crippen molar-refractivity contribution < 1.29 is 0 Å². The summed E-state index contributed by atoms with van der Waals surface area (Å²) in [6.07, 6.45) is 3.42. The summed E-state index contributed by atoms with van der Waals surface area (Å²) in [6, 6.07) is 2.18. The van der Waals surface area contributed by atoms with Crippen molar-refractivity contribution in [1.82, 2.24) is 15.0 Å². The maximum Gasteiger partial charge on any atom is 0.163 e. The Morgan fingerprint density at radius 1 is 1.06 bits per heavy atom. The van der Waals surface area contributed by atoms with E-state index in [1.807, 2.05) is 6.20 Å². The average molecular weight is 215 g/mol. The second-order valence-electron chi connectivity index (χ2n) is 4.71. The Bertz CT molecular complexity index is 504. The highest BCUT2D eigenvalue weighted by Crippen LogP contribution is 2.25. The molecule has 3 nitrogen and oxygen atoms in total. The van der Waals surface area contributed by atoms with E-state index < -0.39 is 0 Å². The Morgan fingerprint density at radius 3 is 2.44 bits per heavy atom. The number of rotatable bonds is 2. The van der Waals surface area contributed by atoms with E-state index in [9.17, 15) is 0 Å². The van der Waals surface area contributed by atoms with E-state index in [0.29, 0.717) is 11.8 Å². The van der Waals surface area contributed by atoms with Crippen LogP contribution in [0.4, 0.5) is 0 Å². The van der Waals surface area contributed by atoms with Gasteiger partial charge in [0.15, 0.2) is 5.65 Å². The molecule has 0 aliphatic carbocycles. The molecule has 2 aromatic rings. The number of hydrogen-bond acceptors (Lipinski definition) is 3. The number of fused-ring (bicyclic) bond motifs is 1.